The fourth-order valence-corrected chi connectivity index (χ4v) is 5.70. The summed E-state index contributed by atoms with van der Waals surface area (Å²) in [5.41, 5.74) is 3.44. The third kappa shape index (κ3) is 3.56. The van der Waals surface area contributed by atoms with Gasteiger partial charge in [0.1, 0.15) is 10.6 Å². The summed E-state index contributed by atoms with van der Waals surface area (Å²) in [7, 11) is 1.66. The second kappa shape index (κ2) is 7.52. The van der Waals surface area contributed by atoms with Crippen LogP contribution in [0.25, 0.3) is 10.2 Å². The highest BCUT2D eigenvalue weighted by Crippen LogP contribution is 2.36. The lowest BCUT2D eigenvalue weighted by Gasteiger charge is -2.12. The number of aryl methyl sites for hydroxylation is 2. The zero-order valence-corrected chi connectivity index (χ0v) is 17.2. The van der Waals surface area contributed by atoms with Crippen LogP contribution in [0.5, 0.6) is 5.75 Å². The second-order valence-corrected chi connectivity index (χ2v) is 8.94. The lowest BCUT2D eigenvalue weighted by Crippen LogP contribution is -2.24. The summed E-state index contributed by atoms with van der Waals surface area (Å²) in [6.45, 7) is 6.46. The van der Waals surface area contributed by atoms with Crippen LogP contribution in [-0.2, 0) is 25.1 Å². The number of allylic oxidation sites excluding steroid dienone is 1. The quantitative estimate of drug-likeness (QED) is 0.339. The minimum absolute atomic E-state index is 0.0830. The van der Waals surface area contributed by atoms with E-state index in [4.69, 9.17) is 9.72 Å². The first-order chi connectivity index (χ1) is 13.1. The average Bonchev–Trinajstić information content (AvgIpc) is 3.23. The van der Waals surface area contributed by atoms with E-state index in [-0.39, 0.29) is 5.56 Å². The number of thiophene rings is 1. The lowest BCUT2D eigenvalue weighted by atomic mass is 10.2. The number of fused-ring (bicyclic) bond motifs is 3. The van der Waals surface area contributed by atoms with Gasteiger partial charge in [-0.3, -0.25) is 9.36 Å². The van der Waals surface area contributed by atoms with Crippen molar-refractivity contribution in [3.8, 4) is 5.75 Å². The molecule has 2 aromatic heterocycles. The molecular weight excluding hydrogens is 376 g/mol. The van der Waals surface area contributed by atoms with Crippen LogP contribution in [-0.4, -0.2) is 16.7 Å². The molecule has 1 aromatic carbocycles. The maximum atomic E-state index is 13.3. The summed E-state index contributed by atoms with van der Waals surface area (Å²) < 4.78 is 7.01. The molecule has 2 heterocycles. The van der Waals surface area contributed by atoms with E-state index in [1.165, 1.54) is 16.0 Å². The predicted molar refractivity (Wildman–Crippen MR) is 113 cm³/mol. The van der Waals surface area contributed by atoms with Gasteiger partial charge in [0.05, 0.1) is 12.5 Å². The smallest absolute Gasteiger partial charge is 0.263 e. The van der Waals surface area contributed by atoms with Crippen LogP contribution in [0, 0.1) is 0 Å². The molecule has 1 aliphatic rings. The third-order valence-corrected chi connectivity index (χ3v) is 6.98. The Labute approximate surface area is 166 Å². The van der Waals surface area contributed by atoms with Gasteiger partial charge in [-0.25, -0.2) is 4.98 Å². The van der Waals surface area contributed by atoms with Crippen molar-refractivity contribution in [2.45, 2.75) is 43.6 Å². The molecule has 140 valence electrons. The van der Waals surface area contributed by atoms with Crippen LogP contribution in [0.1, 0.15) is 29.3 Å². The number of aromatic nitrogens is 2. The summed E-state index contributed by atoms with van der Waals surface area (Å²) >= 11 is 3.29. The summed E-state index contributed by atoms with van der Waals surface area (Å²) in [6.07, 6.45) is 3.22. The highest BCUT2D eigenvalue weighted by atomic mass is 32.2. The molecule has 0 radical (unpaired) electrons. The number of nitrogens with zero attached hydrogens (tertiary/aromatic N) is 2. The molecule has 27 heavy (non-hydrogen) atoms. The zero-order chi connectivity index (χ0) is 19.0. The van der Waals surface area contributed by atoms with Gasteiger partial charge in [0, 0.05) is 17.2 Å². The summed E-state index contributed by atoms with van der Waals surface area (Å²) in [5.74, 6) is 1.60. The molecule has 0 saturated carbocycles. The van der Waals surface area contributed by atoms with Gasteiger partial charge in [-0.15, -0.1) is 11.3 Å². The minimum Gasteiger partial charge on any atom is -0.497 e. The normalized spacial score (nSPS) is 13.1. The van der Waals surface area contributed by atoms with Crippen molar-refractivity contribution in [3.05, 3.63) is 62.8 Å². The van der Waals surface area contributed by atoms with E-state index in [1.807, 2.05) is 31.2 Å². The van der Waals surface area contributed by atoms with Crippen molar-refractivity contribution in [1.82, 2.24) is 9.55 Å². The molecular formula is C21H22N2O2S2. The Morgan fingerprint density at radius 1 is 1.33 bits per heavy atom. The Bertz CT molecular complexity index is 1060. The fourth-order valence-electron chi connectivity index (χ4n) is 3.45. The monoisotopic (exact) mass is 398 g/mol. The number of rotatable bonds is 6. The Morgan fingerprint density at radius 3 is 2.81 bits per heavy atom. The van der Waals surface area contributed by atoms with Crippen LogP contribution >= 0.6 is 23.1 Å². The van der Waals surface area contributed by atoms with E-state index >= 15 is 0 Å². The van der Waals surface area contributed by atoms with Crippen LogP contribution in [0.2, 0.25) is 0 Å². The van der Waals surface area contributed by atoms with E-state index in [0.717, 1.165) is 51.7 Å². The number of ether oxygens (including phenoxy) is 1. The summed E-state index contributed by atoms with van der Waals surface area (Å²) in [4.78, 5) is 20.4. The molecule has 3 aromatic rings. The number of hydrogen-bond donors (Lipinski definition) is 0. The van der Waals surface area contributed by atoms with E-state index in [9.17, 15) is 4.79 Å². The van der Waals surface area contributed by atoms with Gasteiger partial charge < -0.3 is 4.74 Å². The molecule has 0 atom stereocenters. The Hall–Kier alpha value is -2.05. The summed E-state index contributed by atoms with van der Waals surface area (Å²) in [6, 6.07) is 8.01. The molecule has 0 aliphatic heterocycles. The highest BCUT2D eigenvalue weighted by molar-refractivity contribution is 7.98. The maximum absolute atomic E-state index is 13.3. The van der Waals surface area contributed by atoms with Gasteiger partial charge in [-0.05, 0) is 49.4 Å². The van der Waals surface area contributed by atoms with Crippen LogP contribution in [0.15, 0.2) is 46.4 Å². The summed E-state index contributed by atoms with van der Waals surface area (Å²) in [5, 5.41) is 1.61. The molecule has 4 nitrogen and oxygen atoms in total. The van der Waals surface area contributed by atoms with Crippen LogP contribution in [0.4, 0.5) is 0 Å². The van der Waals surface area contributed by atoms with Crippen molar-refractivity contribution in [3.63, 3.8) is 0 Å². The molecule has 0 saturated heterocycles. The SMILES string of the molecule is C=C(C)Cn1c(SCc2ccc(OC)cc2)nc2sc3c(c2c1=O)CCC3. The first kappa shape index (κ1) is 18.3. The van der Waals surface area contributed by atoms with Gasteiger partial charge in [0.25, 0.3) is 5.56 Å². The van der Waals surface area contributed by atoms with E-state index in [0.29, 0.717) is 6.54 Å². The maximum Gasteiger partial charge on any atom is 0.263 e. The van der Waals surface area contributed by atoms with Crippen molar-refractivity contribution in [2.75, 3.05) is 7.11 Å². The van der Waals surface area contributed by atoms with E-state index in [1.54, 1.807) is 34.8 Å². The van der Waals surface area contributed by atoms with Crippen molar-refractivity contribution in [1.29, 1.82) is 0 Å². The molecule has 6 heteroatoms. The number of hydrogen-bond acceptors (Lipinski definition) is 5. The van der Waals surface area contributed by atoms with Crippen LogP contribution in [0.3, 0.4) is 0 Å². The number of thioether (sulfide) groups is 1. The van der Waals surface area contributed by atoms with Gasteiger partial charge in [-0.1, -0.05) is 36.0 Å². The Kier molecular flexibility index (Phi) is 5.10. The minimum atomic E-state index is 0.0830. The topological polar surface area (TPSA) is 44.1 Å². The standard InChI is InChI=1S/C21H22N2O2S2/c1-13(2)11-23-20(24)18-16-5-4-6-17(16)27-19(18)22-21(23)26-12-14-7-9-15(25-3)10-8-14/h7-10H,1,4-6,11-12H2,2-3H3. The number of benzene rings is 1. The zero-order valence-electron chi connectivity index (χ0n) is 15.6. The predicted octanol–water partition coefficient (Wildman–Crippen LogP) is 4.82. The van der Waals surface area contributed by atoms with Gasteiger partial charge in [0.2, 0.25) is 0 Å². The number of methoxy groups -OCH3 is 1. The van der Waals surface area contributed by atoms with E-state index < -0.39 is 0 Å². The highest BCUT2D eigenvalue weighted by Gasteiger charge is 2.23. The molecule has 0 N–H and O–H groups in total. The first-order valence-electron chi connectivity index (χ1n) is 9.02. The third-order valence-electron chi connectivity index (χ3n) is 4.74. The van der Waals surface area contributed by atoms with Gasteiger partial charge in [-0.2, -0.15) is 0 Å². The van der Waals surface area contributed by atoms with Gasteiger partial charge in [0.15, 0.2) is 5.16 Å². The molecule has 0 unspecified atom stereocenters. The molecule has 1 aliphatic carbocycles. The molecule has 0 amide bonds. The van der Waals surface area contributed by atoms with Gasteiger partial charge >= 0.3 is 0 Å². The van der Waals surface area contributed by atoms with Crippen molar-refractivity contribution < 1.29 is 4.74 Å². The lowest BCUT2D eigenvalue weighted by molar-refractivity contribution is 0.414. The molecule has 4 rings (SSSR count). The van der Waals surface area contributed by atoms with Crippen molar-refractivity contribution in [2.24, 2.45) is 0 Å². The molecule has 0 spiro atoms. The fraction of sp³-hybridized carbons (Fsp3) is 0.333. The second-order valence-electron chi connectivity index (χ2n) is 6.92. The Morgan fingerprint density at radius 2 is 2.11 bits per heavy atom. The molecule has 0 bridgehead atoms. The average molecular weight is 399 g/mol. The van der Waals surface area contributed by atoms with Crippen LogP contribution < -0.4 is 10.3 Å². The largest absolute Gasteiger partial charge is 0.497 e. The first-order valence-corrected chi connectivity index (χ1v) is 10.8. The van der Waals surface area contributed by atoms with E-state index in [2.05, 4.69) is 6.58 Å². The molecule has 0 fully saturated rings. The van der Waals surface area contributed by atoms with Crippen molar-refractivity contribution >= 4 is 33.3 Å². The Balaban J connectivity index is 1.71.